The number of furan rings is 1. The molecule has 0 saturated heterocycles. The number of carbonyl (C=O) groups excluding carboxylic acids is 1. The number of esters is 1. The number of hydrogen-bond acceptors (Lipinski definition) is 5. The normalized spacial score (nSPS) is 10.4. The van der Waals surface area contributed by atoms with Crippen molar-refractivity contribution in [1.82, 2.24) is 0 Å². The lowest BCUT2D eigenvalue weighted by Crippen LogP contribution is -2.02. The number of nitrogens with one attached hydrogen (secondary N) is 1. The molecule has 6 heteroatoms. The molecule has 1 aromatic heterocycles. The van der Waals surface area contributed by atoms with Gasteiger partial charge in [-0.25, -0.2) is 4.79 Å². The Hall–Kier alpha value is -2.76. The van der Waals surface area contributed by atoms with Crippen LogP contribution in [0.1, 0.15) is 40.8 Å². The van der Waals surface area contributed by atoms with E-state index in [0.717, 1.165) is 11.3 Å². The number of hydrogen-bond donors (Lipinski definition) is 2. The number of carbonyl (C=O) groups is 2. The molecule has 1 heterocycles. The highest BCUT2D eigenvalue weighted by Gasteiger charge is 2.17. The molecule has 0 fully saturated rings. The van der Waals surface area contributed by atoms with Crippen LogP contribution in [0.4, 0.5) is 5.69 Å². The van der Waals surface area contributed by atoms with E-state index < -0.39 is 11.9 Å². The molecule has 0 unspecified atom stereocenters. The fourth-order valence-electron chi connectivity index (χ4n) is 2.39. The van der Waals surface area contributed by atoms with Crippen LogP contribution in [0.15, 0.2) is 34.7 Å². The van der Waals surface area contributed by atoms with Gasteiger partial charge in [-0.1, -0.05) is 19.1 Å². The second-order valence-electron chi connectivity index (χ2n) is 5.34. The minimum absolute atomic E-state index is 0.101. The van der Waals surface area contributed by atoms with Gasteiger partial charge in [-0.2, -0.15) is 0 Å². The van der Waals surface area contributed by atoms with E-state index in [4.69, 9.17) is 14.3 Å². The third-order valence-corrected chi connectivity index (χ3v) is 3.61. The summed E-state index contributed by atoms with van der Waals surface area (Å²) in [6.45, 7) is 2.33. The molecule has 0 spiro atoms. The number of methoxy groups -OCH3 is 1. The number of ether oxygens (including phenoxy) is 1. The first-order valence-electron chi connectivity index (χ1n) is 7.78. The van der Waals surface area contributed by atoms with Crippen molar-refractivity contribution in [1.29, 1.82) is 0 Å². The zero-order valence-corrected chi connectivity index (χ0v) is 13.8. The number of carboxylic acids is 1. The Kier molecular flexibility index (Phi) is 6.01. The third kappa shape index (κ3) is 4.62. The summed E-state index contributed by atoms with van der Waals surface area (Å²) in [5.41, 5.74) is 2.27. The molecule has 2 N–H and O–H groups in total. The number of aryl methyl sites for hydroxylation is 2. The molecule has 2 rings (SSSR count). The van der Waals surface area contributed by atoms with E-state index in [1.54, 1.807) is 6.07 Å². The first-order chi connectivity index (χ1) is 11.5. The molecule has 0 atom stereocenters. The van der Waals surface area contributed by atoms with Gasteiger partial charge in [-0.3, -0.25) is 4.79 Å². The maximum atomic E-state index is 11.7. The molecular formula is C18H21NO5. The van der Waals surface area contributed by atoms with Crippen LogP contribution in [0.5, 0.6) is 0 Å². The average molecular weight is 331 g/mol. The first kappa shape index (κ1) is 17.6. The Balaban J connectivity index is 2.03. The minimum atomic E-state index is -0.814. The Morgan fingerprint density at radius 3 is 2.75 bits per heavy atom. The summed E-state index contributed by atoms with van der Waals surface area (Å²) in [5.74, 6) is 0.0287. The molecule has 2 aromatic rings. The van der Waals surface area contributed by atoms with Gasteiger partial charge >= 0.3 is 11.9 Å². The summed E-state index contributed by atoms with van der Waals surface area (Å²) < 4.78 is 10.4. The average Bonchev–Trinajstić information content (AvgIpc) is 3.01. The van der Waals surface area contributed by atoms with Gasteiger partial charge in [0.05, 0.1) is 13.7 Å². The molecule has 128 valence electrons. The quantitative estimate of drug-likeness (QED) is 0.722. The molecule has 0 saturated carbocycles. The SMILES string of the molecule is CCc1oc(CNc2cccc(CCC(=O)O)c2)cc1C(=O)OC. The number of aliphatic carboxylic acids is 1. The summed E-state index contributed by atoms with van der Waals surface area (Å²) in [4.78, 5) is 22.3. The van der Waals surface area contributed by atoms with Crippen LogP contribution in [0.25, 0.3) is 0 Å². The number of carboxylic acid groups (broad SMARTS) is 1. The predicted octanol–water partition coefficient (Wildman–Crippen LogP) is 3.26. The van der Waals surface area contributed by atoms with Crippen LogP contribution in [-0.2, 0) is 28.9 Å². The van der Waals surface area contributed by atoms with Crippen molar-refractivity contribution in [3.8, 4) is 0 Å². The largest absolute Gasteiger partial charge is 0.481 e. The van der Waals surface area contributed by atoms with Crippen molar-refractivity contribution in [3.05, 3.63) is 53.0 Å². The van der Waals surface area contributed by atoms with Crippen LogP contribution >= 0.6 is 0 Å². The van der Waals surface area contributed by atoms with Gasteiger partial charge < -0.3 is 19.6 Å². The summed E-state index contributed by atoms with van der Waals surface area (Å²) in [7, 11) is 1.34. The Morgan fingerprint density at radius 2 is 2.08 bits per heavy atom. The van der Waals surface area contributed by atoms with E-state index in [2.05, 4.69) is 5.32 Å². The van der Waals surface area contributed by atoms with E-state index in [1.807, 2.05) is 31.2 Å². The van der Waals surface area contributed by atoms with Gasteiger partial charge in [0.1, 0.15) is 17.1 Å². The van der Waals surface area contributed by atoms with Gasteiger partial charge in [0.25, 0.3) is 0 Å². The fourth-order valence-corrected chi connectivity index (χ4v) is 2.39. The lowest BCUT2D eigenvalue weighted by Gasteiger charge is -2.06. The van der Waals surface area contributed by atoms with Crippen molar-refractivity contribution in [2.45, 2.75) is 32.7 Å². The highest BCUT2D eigenvalue weighted by molar-refractivity contribution is 5.90. The van der Waals surface area contributed by atoms with Crippen molar-refractivity contribution >= 4 is 17.6 Å². The van der Waals surface area contributed by atoms with E-state index in [-0.39, 0.29) is 6.42 Å². The standard InChI is InChI=1S/C18H21NO5/c1-3-16-15(18(22)23-2)10-14(24-16)11-19-13-6-4-5-12(9-13)7-8-17(20)21/h4-6,9-10,19H,3,7-8,11H2,1-2H3,(H,20,21). The Morgan fingerprint density at radius 1 is 1.29 bits per heavy atom. The topological polar surface area (TPSA) is 88.8 Å². The smallest absolute Gasteiger partial charge is 0.341 e. The van der Waals surface area contributed by atoms with Gasteiger partial charge in [0.2, 0.25) is 0 Å². The summed E-state index contributed by atoms with van der Waals surface area (Å²) >= 11 is 0. The van der Waals surface area contributed by atoms with E-state index in [0.29, 0.717) is 36.5 Å². The van der Waals surface area contributed by atoms with Gasteiger partial charge in [0.15, 0.2) is 0 Å². The highest BCUT2D eigenvalue weighted by Crippen LogP contribution is 2.19. The van der Waals surface area contributed by atoms with E-state index in [1.165, 1.54) is 7.11 Å². The fraction of sp³-hybridized carbons (Fsp3) is 0.333. The van der Waals surface area contributed by atoms with Crippen LogP contribution < -0.4 is 5.32 Å². The monoisotopic (exact) mass is 331 g/mol. The van der Waals surface area contributed by atoms with Crippen LogP contribution in [0.2, 0.25) is 0 Å². The second kappa shape index (κ2) is 8.19. The maximum Gasteiger partial charge on any atom is 0.341 e. The molecular weight excluding hydrogens is 310 g/mol. The molecule has 0 amide bonds. The molecule has 0 radical (unpaired) electrons. The molecule has 0 bridgehead atoms. The number of anilines is 1. The zero-order valence-electron chi connectivity index (χ0n) is 13.8. The van der Waals surface area contributed by atoms with E-state index >= 15 is 0 Å². The number of benzene rings is 1. The van der Waals surface area contributed by atoms with Crippen LogP contribution in [-0.4, -0.2) is 24.2 Å². The highest BCUT2D eigenvalue weighted by atomic mass is 16.5. The first-order valence-corrected chi connectivity index (χ1v) is 7.78. The van der Waals surface area contributed by atoms with Gasteiger partial charge in [-0.05, 0) is 30.2 Å². The summed E-state index contributed by atoms with van der Waals surface area (Å²) in [6.07, 6.45) is 1.19. The molecule has 0 aliphatic carbocycles. The Labute approximate surface area is 140 Å². The zero-order chi connectivity index (χ0) is 17.5. The van der Waals surface area contributed by atoms with Gasteiger partial charge in [0, 0.05) is 18.5 Å². The molecule has 0 aliphatic heterocycles. The lowest BCUT2D eigenvalue weighted by atomic mass is 10.1. The van der Waals surface area contributed by atoms with Crippen molar-refractivity contribution < 1.29 is 23.8 Å². The lowest BCUT2D eigenvalue weighted by molar-refractivity contribution is -0.136. The van der Waals surface area contributed by atoms with E-state index in [9.17, 15) is 9.59 Å². The molecule has 6 nitrogen and oxygen atoms in total. The van der Waals surface area contributed by atoms with Crippen LogP contribution in [0.3, 0.4) is 0 Å². The maximum absolute atomic E-state index is 11.7. The van der Waals surface area contributed by atoms with Crippen molar-refractivity contribution in [2.24, 2.45) is 0 Å². The van der Waals surface area contributed by atoms with Gasteiger partial charge in [-0.15, -0.1) is 0 Å². The Bertz CT molecular complexity index is 720. The number of rotatable bonds is 8. The van der Waals surface area contributed by atoms with Crippen molar-refractivity contribution in [3.63, 3.8) is 0 Å². The molecule has 1 aromatic carbocycles. The molecule has 24 heavy (non-hydrogen) atoms. The second-order valence-corrected chi connectivity index (χ2v) is 5.34. The summed E-state index contributed by atoms with van der Waals surface area (Å²) in [5, 5.41) is 12.0. The molecule has 0 aliphatic rings. The van der Waals surface area contributed by atoms with Crippen LogP contribution in [0, 0.1) is 0 Å². The minimum Gasteiger partial charge on any atom is -0.481 e. The third-order valence-electron chi connectivity index (χ3n) is 3.61. The van der Waals surface area contributed by atoms with Crippen molar-refractivity contribution in [2.75, 3.05) is 12.4 Å². The summed E-state index contributed by atoms with van der Waals surface area (Å²) in [6, 6.07) is 9.26. The predicted molar refractivity (Wildman–Crippen MR) is 89.2 cm³/mol.